The van der Waals surface area contributed by atoms with Crippen LogP contribution in [0.15, 0.2) is 28.2 Å². The molecule has 0 fully saturated rings. The van der Waals surface area contributed by atoms with Gasteiger partial charge in [0.15, 0.2) is 5.16 Å². The number of thioether (sulfide) groups is 1. The molecule has 148 valence electrons. The second-order valence-electron chi connectivity index (χ2n) is 6.72. The molecule has 0 aliphatic heterocycles. The Hall–Kier alpha value is -2.12. The van der Waals surface area contributed by atoms with Gasteiger partial charge in [-0.05, 0) is 43.4 Å². The second kappa shape index (κ2) is 8.49. The van der Waals surface area contributed by atoms with Crippen LogP contribution in [0.25, 0.3) is 10.2 Å². The first-order chi connectivity index (χ1) is 13.4. The lowest BCUT2D eigenvalue weighted by molar-refractivity contribution is -0.113. The van der Waals surface area contributed by atoms with Crippen molar-refractivity contribution in [3.63, 3.8) is 0 Å². The highest BCUT2D eigenvalue weighted by atomic mass is 32.2. The van der Waals surface area contributed by atoms with Gasteiger partial charge in [-0.1, -0.05) is 43.8 Å². The normalized spacial score (nSPS) is 11.2. The maximum atomic E-state index is 12.7. The maximum absolute atomic E-state index is 12.7. The van der Waals surface area contributed by atoms with Crippen LogP contribution in [-0.4, -0.2) is 21.2 Å². The summed E-state index contributed by atoms with van der Waals surface area (Å²) in [5.74, 6) is 0.115. The van der Waals surface area contributed by atoms with E-state index in [1.54, 1.807) is 7.05 Å². The first-order valence-electron chi connectivity index (χ1n) is 9.37. The number of carbonyl (C=O) groups is 1. The minimum absolute atomic E-state index is 0.0562. The standard InChI is InChI=1S/C21H25N3O2S2/c1-6-14-9-8-10-15(7-2)18(14)22-16(25)11-27-21-23-19-17(20(26)24(21)5)12(3)13(4)28-19/h8-10H,6-7,11H2,1-5H3,(H,22,25). The van der Waals surface area contributed by atoms with Gasteiger partial charge in [0.2, 0.25) is 5.91 Å². The Morgan fingerprint density at radius 1 is 1.21 bits per heavy atom. The number of benzene rings is 1. The molecule has 1 aromatic carbocycles. The molecule has 28 heavy (non-hydrogen) atoms. The summed E-state index contributed by atoms with van der Waals surface area (Å²) >= 11 is 2.82. The summed E-state index contributed by atoms with van der Waals surface area (Å²) in [5.41, 5.74) is 4.12. The topological polar surface area (TPSA) is 64.0 Å². The van der Waals surface area contributed by atoms with E-state index < -0.39 is 0 Å². The number of para-hydroxylation sites is 1. The van der Waals surface area contributed by atoms with E-state index in [9.17, 15) is 9.59 Å². The van der Waals surface area contributed by atoms with Gasteiger partial charge in [0.05, 0.1) is 11.1 Å². The Labute approximate surface area is 173 Å². The molecule has 2 aromatic heterocycles. The van der Waals surface area contributed by atoms with E-state index in [0.29, 0.717) is 10.5 Å². The quantitative estimate of drug-likeness (QED) is 0.477. The molecule has 2 heterocycles. The zero-order valence-electron chi connectivity index (χ0n) is 16.9. The third kappa shape index (κ3) is 3.86. The molecule has 3 rings (SSSR count). The van der Waals surface area contributed by atoms with Crippen LogP contribution in [0.1, 0.15) is 35.4 Å². The fourth-order valence-corrected chi connectivity index (χ4v) is 5.04. The Morgan fingerprint density at radius 2 is 1.86 bits per heavy atom. The molecule has 0 atom stereocenters. The Kier molecular flexibility index (Phi) is 6.25. The summed E-state index contributed by atoms with van der Waals surface area (Å²) in [4.78, 5) is 31.8. The molecule has 0 saturated carbocycles. The number of hydrogen-bond acceptors (Lipinski definition) is 5. The predicted molar refractivity (Wildman–Crippen MR) is 119 cm³/mol. The van der Waals surface area contributed by atoms with Gasteiger partial charge in [0.1, 0.15) is 4.83 Å². The number of amides is 1. The number of thiophene rings is 1. The maximum Gasteiger partial charge on any atom is 0.262 e. The van der Waals surface area contributed by atoms with Crippen LogP contribution in [0.2, 0.25) is 0 Å². The molecular weight excluding hydrogens is 390 g/mol. The van der Waals surface area contributed by atoms with Crippen LogP contribution in [0, 0.1) is 13.8 Å². The van der Waals surface area contributed by atoms with Crippen molar-refractivity contribution in [2.75, 3.05) is 11.1 Å². The highest BCUT2D eigenvalue weighted by molar-refractivity contribution is 7.99. The number of fused-ring (bicyclic) bond motifs is 1. The van der Waals surface area contributed by atoms with E-state index in [0.717, 1.165) is 44.9 Å². The fraction of sp³-hybridized carbons (Fsp3) is 0.381. The SMILES string of the molecule is CCc1cccc(CC)c1NC(=O)CSc1nc2sc(C)c(C)c2c(=O)n1C. The van der Waals surface area contributed by atoms with E-state index in [1.165, 1.54) is 27.7 Å². The van der Waals surface area contributed by atoms with E-state index in [1.807, 2.05) is 32.0 Å². The smallest absolute Gasteiger partial charge is 0.262 e. The van der Waals surface area contributed by atoms with Crippen molar-refractivity contribution < 1.29 is 4.79 Å². The summed E-state index contributed by atoms with van der Waals surface area (Å²) in [5, 5.41) is 4.31. The highest BCUT2D eigenvalue weighted by Gasteiger charge is 2.16. The van der Waals surface area contributed by atoms with Gasteiger partial charge >= 0.3 is 0 Å². The first-order valence-corrected chi connectivity index (χ1v) is 11.2. The van der Waals surface area contributed by atoms with Crippen LogP contribution in [0.4, 0.5) is 5.69 Å². The molecule has 0 bridgehead atoms. The van der Waals surface area contributed by atoms with Crippen molar-refractivity contribution in [1.82, 2.24) is 9.55 Å². The lowest BCUT2D eigenvalue weighted by Crippen LogP contribution is -2.21. The van der Waals surface area contributed by atoms with E-state index in [4.69, 9.17) is 0 Å². The van der Waals surface area contributed by atoms with Crippen LogP contribution in [0.5, 0.6) is 0 Å². The summed E-state index contributed by atoms with van der Waals surface area (Å²) in [6.45, 7) is 8.12. The lowest BCUT2D eigenvalue weighted by Gasteiger charge is -2.14. The number of rotatable bonds is 6. The summed E-state index contributed by atoms with van der Waals surface area (Å²) in [6, 6.07) is 6.12. The molecule has 1 amide bonds. The average molecular weight is 416 g/mol. The highest BCUT2D eigenvalue weighted by Crippen LogP contribution is 2.28. The first kappa shape index (κ1) is 20.6. The molecule has 0 spiro atoms. The fourth-order valence-electron chi connectivity index (χ4n) is 3.19. The van der Waals surface area contributed by atoms with Crippen molar-refractivity contribution in [2.45, 2.75) is 45.7 Å². The third-order valence-electron chi connectivity index (χ3n) is 4.96. The minimum Gasteiger partial charge on any atom is -0.325 e. The third-order valence-corrected chi connectivity index (χ3v) is 7.10. The number of carbonyl (C=O) groups excluding carboxylic acids is 1. The molecule has 0 aliphatic rings. The van der Waals surface area contributed by atoms with E-state index in [-0.39, 0.29) is 17.2 Å². The van der Waals surface area contributed by atoms with Crippen molar-refractivity contribution in [1.29, 1.82) is 0 Å². The van der Waals surface area contributed by atoms with Gasteiger partial charge in [-0.15, -0.1) is 11.3 Å². The molecule has 0 radical (unpaired) electrons. The lowest BCUT2D eigenvalue weighted by atomic mass is 10.0. The number of anilines is 1. The average Bonchev–Trinajstić information content (AvgIpc) is 2.97. The Morgan fingerprint density at radius 3 is 2.46 bits per heavy atom. The van der Waals surface area contributed by atoms with Gasteiger partial charge in [-0.3, -0.25) is 14.2 Å². The van der Waals surface area contributed by atoms with Crippen LogP contribution in [0.3, 0.4) is 0 Å². The van der Waals surface area contributed by atoms with Gasteiger partial charge in [-0.2, -0.15) is 0 Å². The zero-order valence-corrected chi connectivity index (χ0v) is 18.5. The number of aromatic nitrogens is 2. The molecule has 0 saturated heterocycles. The molecule has 5 nitrogen and oxygen atoms in total. The number of hydrogen-bond donors (Lipinski definition) is 1. The van der Waals surface area contributed by atoms with Crippen LogP contribution < -0.4 is 10.9 Å². The van der Waals surface area contributed by atoms with Gasteiger partial charge in [0.25, 0.3) is 5.56 Å². The largest absolute Gasteiger partial charge is 0.325 e. The van der Waals surface area contributed by atoms with Crippen LogP contribution >= 0.6 is 23.1 Å². The van der Waals surface area contributed by atoms with Gasteiger partial charge < -0.3 is 5.32 Å². The van der Waals surface area contributed by atoms with Crippen LogP contribution in [-0.2, 0) is 24.7 Å². The molecule has 0 aliphatic carbocycles. The zero-order chi connectivity index (χ0) is 20.4. The number of nitrogens with one attached hydrogen (secondary N) is 1. The summed E-state index contributed by atoms with van der Waals surface area (Å²) in [7, 11) is 1.71. The molecule has 7 heteroatoms. The summed E-state index contributed by atoms with van der Waals surface area (Å²) in [6.07, 6.45) is 1.72. The second-order valence-corrected chi connectivity index (χ2v) is 8.86. The molecular formula is C21H25N3O2S2. The van der Waals surface area contributed by atoms with Crippen molar-refractivity contribution >= 4 is 44.9 Å². The molecule has 1 N–H and O–H groups in total. The molecule has 0 unspecified atom stereocenters. The Bertz CT molecular complexity index is 1080. The minimum atomic E-state index is -0.0894. The van der Waals surface area contributed by atoms with Crippen molar-refractivity contribution in [3.8, 4) is 0 Å². The predicted octanol–water partition coefficient (Wildman–Crippen LogP) is 4.47. The number of nitrogens with zero attached hydrogens (tertiary/aromatic N) is 2. The van der Waals surface area contributed by atoms with E-state index in [2.05, 4.69) is 24.1 Å². The van der Waals surface area contributed by atoms with Crippen molar-refractivity contribution in [3.05, 3.63) is 50.1 Å². The van der Waals surface area contributed by atoms with E-state index >= 15 is 0 Å². The number of aryl methyl sites for hydroxylation is 4. The van der Waals surface area contributed by atoms with Gasteiger partial charge in [0, 0.05) is 17.6 Å². The monoisotopic (exact) mass is 415 g/mol. The van der Waals surface area contributed by atoms with Gasteiger partial charge in [-0.25, -0.2) is 4.98 Å². The molecule has 3 aromatic rings. The van der Waals surface area contributed by atoms with Crippen molar-refractivity contribution in [2.24, 2.45) is 7.05 Å². The Balaban J connectivity index is 1.81. The summed E-state index contributed by atoms with van der Waals surface area (Å²) < 4.78 is 1.54.